The van der Waals surface area contributed by atoms with Gasteiger partial charge in [-0.3, -0.25) is 0 Å². The van der Waals surface area contributed by atoms with Crippen molar-refractivity contribution in [2.24, 2.45) is 0 Å². The quantitative estimate of drug-likeness (QED) is 0.740. The molecule has 0 bridgehead atoms. The van der Waals surface area contributed by atoms with Crippen LogP contribution in [0.15, 0.2) is 12.1 Å². The van der Waals surface area contributed by atoms with Gasteiger partial charge in [0.1, 0.15) is 16.9 Å². The van der Waals surface area contributed by atoms with Crippen LogP contribution in [0.25, 0.3) is 10.1 Å². The first-order chi connectivity index (χ1) is 8.65. The summed E-state index contributed by atoms with van der Waals surface area (Å²) in [6, 6.07) is 5.06. The van der Waals surface area contributed by atoms with Crippen LogP contribution in [-0.4, -0.2) is 0 Å². The second-order valence-electron chi connectivity index (χ2n) is 3.02. The van der Waals surface area contributed by atoms with Gasteiger partial charge in [-0.15, -0.1) is 11.3 Å². The van der Waals surface area contributed by atoms with Crippen LogP contribution >= 0.6 is 11.3 Å². The minimum Gasteiger partial charge on any atom is -0.389 e. The second kappa shape index (κ2) is 7.67. The Morgan fingerprint density at radius 2 is 1.78 bits per heavy atom. The summed E-state index contributed by atoms with van der Waals surface area (Å²) >= 11 is 1.12. The summed E-state index contributed by atoms with van der Waals surface area (Å²) in [5, 5.41) is 9.91. The number of aryl methyl sites for hydroxylation is 1. The number of nitrogens with zero attached hydrogens (tertiary/aromatic N) is 1. The van der Waals surface area contributed by atoms with E-state index in [1.165, 1.54) is 6.07 Å². The van der Waals surface area contributed by atoms with Gasteiger partial charge in [0.05, 0.1) is 10.3 Å². The number of thiophene rings is 1. The van der Waals surface area contributed by atoms with Crippen molar-refractivity contribution in [3.05, 3.63) is 29.1 Å². The molecule has 4 heteroatoms. The number of halogens is 1. The maximum atomic E-state index is 13.3. The Balaban J connectivity index is 0.000000659. The largest absolute Gasteiger partial charge is 0.389 e. The van der Waals surface area contributed by atoms with Crippen molar-refractivity contribution in [2.45, 2.75) is 34.6 Å². The van der Waals surface area contributed by atoms with Crippen molar-refractivity contribution in [1.82, 2.24) is 0 Å². The maximum absolute atomic E-state index is 13.3. The number of nitrogen functional groups attached to an aromatic ring is 1. The van der Waals surface area contributed by atoms with E-state index < -0.39 is 0 Å². The lowest BCUT2D eigenvalue weighted by Crippen LogP contribution is -1.84. The number of hydrogen-bond acceptors (Lipinski definition) is 3. The molecule has 2 N–H and O–H groups in total. The van der Waals surface area contributed by atoms with Gasteiger partial charge in [-0.1, -0.05) is 33.8 Å². The molecule has 0 saturated heterocycles. The molecule has 0 aliphatic rings. The van der Waals surface area contributed by atoms with Gasteiger partial charge in [0, 0.05) is 5.39 Å². The first kappa shape index (κ1) is 16.4. The van der Waals surface area contributed by atoms with Gasteiger partial charge in [0.15, 0.2) is 0 Å². The van der Waals surface area contributed by atoms with Crippen LogP contribution in [0.1, 0.15) is 38.8 Å². The number of fused-ring (bicyclic) bond motifs is 1. The van der Waals surface area contributed by atoms with Gasteiger partial charge in [-0.05, 0) is 18.6 Å². The van der Waals surface area contributed by atoms with E-state index >= 15 is 0 Å². The zero-order chi connectivity index (χ0) is 14.3. The number of nitriles is 1. The van der Waals surface area contributed by atoms with Crippen LogP contribution in [0.3, 0.4) is 0 Å². The van der Waals surface area contributed by atoms with E-state index in [0.29, 0.717) is 20.7 Å². The summed E-state index contributed by atoms with van der Waals surface area (Å²) in [4.78, 5) is 0. The molecular weight excluding hydrogens is 247 g/mol. The van der Waals surface area contributed by atoms with Gasteiger partial charge in [0.2, 0.25) is 0 Å². The molecule has 98 valence electrons. The lowest BCUT2D eigenvalue weighted by atomic mass is 10.1. The van der Waals surface area contributed by atoms with Crippen LogP contribution in [0.4, 0.5) is 9.39 Å². The minimum atomic E-state index is -0.316. The zero-order valence-corrected chi connectivity index (χ0v) is 12.3. The van der Waals surface area contributed by atoms with Crippen LogP contribution in [0, 0.1) is 24.1 Å². The Morgan fingerprint density at radius 1 is 1.22 bits per heavy atom. The highest BCUT2D eigenvalue weighted by atomic mass is 32.1. The average molecular weight is 266 g/mol. The second-order valence-corrected chi connectivity index (χ2v) is 4.07. The van der Waals surface area contributed by atoms with E-state index in [-0.39, 0.29) is 5.82 Å². The molecule has 1 aromatic heterocycles. The maximum Gasteiger partial charge on any atom is 0.141 e. The Labute approximate surface area is 112 Å². The average Bonchev–Trinajstić information content (AvgIpc) is 2.76. The molecule has 0 spiro atoms. The summed E-state index contributed by atoms with van der Waals surface area (Å²) in [5.41, 5.74) is 6.90. The first-order valence-corrected chi connectivity index (χ1v) is 6.84. The van der Waals surface area contributed by atoms with Crippen molar-refractivity contribution in [1.29, 1.82) is 5.26 Å². The predicted molar refractivity (Wildman–Crippen MR) is 78.3 cm³/mol. The molecule has 0 radical (unpaired) electrons. The third-order valence-electron chi connectivity index (χ3n) is 2.14. The molecule has 0 saturated carbocycles. The van der Waals surface area contributed by atoms with Crippen LogP contribution in [0.2, 0.25) is 0 Å². The number of rotatable bonds is 0. The standard InChI is InChI=1S/C10H7FN2S.2C2H6/c1-5-2-3-7(11)9-8(5)6(4-12)10(13)14-9;2*1-2/h2-3H,13H2,1H3;2*1-2H3. The molecular formula is C14H19FN2S. The van der Waals surface area contributed by atoms with Gasteiger partial charge >= 0.3 is 0 Å². The molecule has 1 heterocycles. The van der Waals surface area contributed by atoms with E-state index in [1.54, 1.807) is 6.07 Å². The number of nitrogens with two attached hydrogens (primary N) is 1. The SMILES string of the molecule is CC.CC.Cc1ccc(F)c2sc(N)c(C#N)c12. The highest BCUT2D eigenvalue weighted by molar-refractivity contribution is 7.23. The Morgan fingerprint density at radius 3 is 2.28 bits per heavy atom. The Kier molecular flexibility index (Phi) is 6.99. The Bertz CT molecular complexity index is 553. The third kappa shape index (κ3) is 2.99. The van der Waals surface area contributed by atoms with Gasteiger partial charge in [-0.25, -0.2) is 4.39 Å². The van der Waals surface area contributed by atoms with E-state index in [2.05, 4.69) is 0 Å². The fourth-order valence-electron chi connectivity index (χ4n) is 1.46. The van der Waals surface area contributed by atoms with Crippen LogP contribution in [0.5, 0.6) is 0 Å². The van der Waals surface area contributed by atoms with E-state index in [9.17, 15) is 4.39 Å². The summed E-state index contributed by atoms with van der Waals surface area (Å²) in [6.45, 7) is 9.84. The smallest absolute Gasteiger partial charge is 0.141 e. The highest BCUT2D eigenvalue weighted by Gasteiger charge is 2.14. The summed E-state index contributed by atoms with van der Waals surface area (Å²) in [5.74, 6) is -0.316. The number of benzene rings is 1. The molecule has 0 atom stereocenters. The zero-order valence-electron chi connectivity index (χ0n) is 11.5. The lowest BCUT2D eigenvalue weighted by Gasteiger charge is -1.96. The van der Waals surface area contributed by atoms with Crippen LogP contribution < -0.4 is 5.73 Å². The monoisotopic (exact) mass is 266 g/mol. The molecule has 2 nitrogen and oxygen atoms in total. The third-order valence-corrected chi connectivity index (χ3v) is 3.17. The first-order valence-electron chi connectivity index (χ1n) is 6.02. The molecule has 0 amide bonds. The topological polar surface area (TPSA) is 49.8 Å². The van der Waals surface area contributed by atoms with Crippen molar-refractivity contribution in [3.8, 4) is 6.07 Å². The van der Waals surface area contributed by atoms with Gasteiger partial charge in [0.25, 0.3) is 0 Å². The molecule has 0 unspecified atom stereocenters. The van der Waals surface area contributed by atoms with Crippen molar-refractivity contribution in [3.63, 3.8) is 0 Å². The summed E-state index contributed by atoms with van der Waals surface area (Å²) in [6.07, 6.45) is 0. The van der Waals surface area contributed by atoms with Crippen molar-refractivity contribution in [2.75, 3.05) is 5.73 Å². The number of anilines is 1. The summed E-state index contributed by atoms with van der Waals surface area (Å²) < 4.78 is 13.8. The van der Waals surface area contributed by atoms with E-state index in [1.807, 2.05) is 40.7 Å². The van der Waals surface area contributed by atoms with Gasteiger partial charge < -0.3 is 5.73 Å². The van der Waals surface area contributed by atoms with E-state index in [4.69, 9.17) is 11.0 Å². The molecule has 0 aliphatic carbocycles. The van der Waals surface area contributed by atoms with E-state index in [0.717, 1.165) is 16.9 Å². The fourth-order valence-corrected chi connectivity index (χ4v) is 2.46. The summed E-state index contributed by atoms with van der Waals surface area (Å²) in [7, 11) is 0. The minimum absolute atomic E-state index is 0.316. The lowest BCUT2D eigenvalue weighted by molar-refractivity contribution is 0.641. The normalized spacial score (nSPS) is 8.72. The molecule has 1 aromatic carbocycles. The molecule has 2 rings (SSSR count). The van der Waals surface area contributed by atoms with Gasteiger partial charge in [-0.2, -0.15) is 5.26 Å². The number of hydrogen-bond donors (Lipinski definition) is 1. The van der Waals surface area contributed by atoms with Crippen LogP contribution in [-0.2, 0) is 0 Å². The van der Waals surface area contributed by atoms with Crippen molar-refractivity contribution < 1.29 is 4.39 Å². The molecule has 18 heavy (non-hydrogen) atoms. The highest BCUT2D eigenvalue weighted by Crippen LogP contribution is 2.36. The molecule has 0 aliphatic heterocycles. The molecule has 0 fully saturated rings. The van der Waals surface area contributed by atoms with Crippen molar-refractivity contribution >= 4 is 26.4 Å². The predicted octanol–water partition coefficient (Wildman–Crippen LogP) is 4.86. The fraction of sp³-hybridized carbons (Fsp3) is 0.357. The Hall–Kier alpha value is -1.60. The molecule has 2 aromatic rings.